The minimum absolute atomic E-state index is 0.00294. The Labute approximate surface area is 169 Å². The normalized spacial score (nSPS) is 12.2. The molecule has 8 nitrogen and oxygen atoms in total. The lowest BCUT2D eigenvalue weighted by Gasteiger charge is -2.27. The van der Waals surface area contributed by atoms with Crippen LogP contribution in [0.2, 0.25) is 0 Å². The summed E-state index contributed by atoms with van der Waals surface area (Å²) >= 11 is 0. The van der Waals surface area contributed by atoms with E-state index in [2.05, 4.69) is 0 Å². The van der Waals surface area contributed by atoms with Crippen LogP contribution in [0.4, 0.5) is 5.69 Å². The zero-order valence-corrected chi connectivity index (χ0v) is 17.8. The molecule has 0 radical (unpaired) electrons. The highest BCUT2D eigenvalue weighted by molar-refractivity contribution is 8.13. The van der Waals surface area contributed by atoms with Gasteiger partial charge in [-0.3, -0.25) is 14.4 Å². The number of hydrogen-bond donors (Lipinski definition) is 0. The highest BCUT2D eigenvalue weighted by Gasteiger charge is 2.22. The van der Waals surface area contributed by atoms with E-state index in [-0.39, 0.29) is 31.2 Å². The van der Waals surface area contributed by atoms with E-state index in [0.29, 0.717) is 5.69 Å². The number of carbonyl (C=O) groups is 3. The monoisotopic (exact) mass is 433 g/mol. The summed E-state index contributed by atoms with van der Waals surface area (Å²) < 4.78 is 32.3. The number of benzene rings is 1. The Kier molecular flexibility index (Phi) is 8.90. The number of esters is 2. The van der Waals surface area contributed by atoms with Crippen molar-refractivity contribution in [1.29, 1.82) is 0 Å². The average Bonchev–Trinajstić information content (AvgIpc) is 2.54. The first kappa shape index (κ1) is 23.9. The van der Waals surface area contributed by atoms with Crippen LogP contribution < -0.4 is 4.90 Å². The van der Waals surface area contributed by atoms with Gasteiger partial charge >= 0.3 is 11.9 Å². The summed E-state index contributed by atoms with van der Waals surface area (Å²) in [5.41, 5.74) is 2.11. The van der Waals surface area contributed by atoms with Crippen molar-refractivity contribution in [3.8, 4) is 0 Å². The quantitative estimate of drug-likeness (QED) is 0.432. The molecule has 156 valence electrons. The molecule has 0 aliphatic rings. The van der Waals surface area contributed by atoms with E-state index in [1.54, 1.807) is 25.1 Å². The van der Waals surface area contributed by atoms with E-state index >= 15 is 0 Å². The molecule has 0 saturated carbocycles. The topological polar surface area (TPSA) is 107 Å². The van der Waals surface area contributed by atoms with Crippen LogP contribution in [-0.4, -0.2) is 51.3 Å². The van der Waals surface area contributed by atoms with Gasteiger partial charge in [0.1, 0.15) is 6.61 Å². The second-order valence-electron chi connectivity index (χ2n) is 6.27. The van der Waals surface area contributed by atoms with Crippen molar-refractivity contribution in [2.75, 3.05) is 23.8 Å². The molecule has 0 aromatic heterocycles. The van der Waals surface area contributed by atoms with Gasteiger partial charge in [-0.2, -0.15) is 0 Å². The maximum Gasteiger partial charge on any atom is 0.303 e. The lowest BCUT2D eigenvalue weighted by Crippen LogP contribution is -2.40. The van der Waals surface area contributed by atoms with E-state index in [1.807, 2.05) is 0 Å². The highest BCUT2D eigenvalue weighted by Crippen LogP contribution is 2.21. The molecule has 1 atom stereocenters. The van der Waals surface area contributed by atoms with Crippen molar-refractivity contribution >= 4 is 43.3 Å². The van der Waals surface area contributed by atoms with Crippen molar-refractivity contribution in [3.05, 3.63) is 29.3 Å². The Morgan fingerprint density at radius 1 is 1.14 bits per heavy atom. The predicted octanol–water partition coefficient (Wildman–Crippen LogP) is 1.95. The summed E-state index contributed by atoms with van der Waals surface area (Å²) in [5.74, 6) is -1.58. The van der Waals surface area contributed by atoms with E-state index in [9.17, 15) is 22.8 Å². The third kappa shape index (κ3) is 8.71. The standard InChI is InChI=1S/C18H24ClNO7S/c1-12-9-17(6-5-16(12)7-8-28(19,24)25)20(13(2)21)10-18(27-15(4)23)11-26-14(3)22/h5-6,9,18H,7-8,10-11H2,1-4H3. The van der Waals surface area contributed by atoms with Gasteiger partial charge in [0, 0.05) is 37.1 Å². The average molecular weight is 434 g/mol. The fraction of sp³-hybridized carbons (Fsp3) is 0.500. The van der Waals surface area contributed by atoms with Gasteiger partial charge in [-0.1, -0.05) is 6.07 Å². The minimum atomic E-state index is -3.60. The Morgan fingerprint density at radius 2 is 1.79 bits per heavy atom. The summed E-state index contributed by atoms with van der Waals surface area (Å²) in [5, 5.41) is 0. The third-order valence-electron chi connectivity index (χ3n) is 3.82. The maximum atomic E-state index is 12.1. The summed E-state index contributed by atoms with van der Waals surface area (Å²) in [4.78, 5) is 35.9. The van der Waals surface area contributed by atoms with Crippen molar-refractivity contribution in [2.45, 2.75) is 40.2 Å². The van der Waals surface area contributed by atoms with Gasteiger partial charge < -0.3 is 14.4 Å². The molecule has 1 unspecified atom stereocenters. The zero-order valence-electron chi connectivity index (χ0n) is 16.2. The first-order chi connectivity index (χ1) is 12.9. The molecule has 0 spiro atoms. The molecule has 0 bridgehead atoms. The van der Waals surface area contributed by atoms with Crippen LogP contribution in [-0.2, 0) is 39.3 Å². The first-order valence-corrected chi connectivity index (χ1v) is 11.0. The van der Waals surface area contributed by atoms with Crippen LogP contribution in [0.25, 0.3) is 0 Å². The molecule has 1 amide bonds. The Hall–Kier alpha value is -2.13. The lowest BCUT2D eigenvalue weighted by atomic mass is 10.0. The number of rotatable bonds is 9. The van der Waals surface area contributed by atoms with Crippen LogP contribution >= 0.6 is 10.7 Å². The largest absolute Gasteiger partial charge is 0.462 e. The number of halogens is 1. The maximum absolute atomic E-state index is 12.1. The second-order valence-corrected chi connectivity index (χ2v) is 9.16. The second kappa shape index (κ2) is 10.4. The Bertz CT molecular complexity index is 838. The van der Waals surface area contributed by atoms with Crippen molar-refractivity contribution in [3.63, 3.8) is 0 Å². The summed E-state index contributed by atoms with van der Waals surface area (Å²) in [6.07, 6.45) is -0.577. The summed E-state index contributed by atoms with van der Waals surface area (Å²) in [6.45, 7) is 5.43. The number of amides is 1. The van der Waals surface area contributed by atoms with E-state index < -0.39 is 27.1 Å². The molecule has 0 aliphatic heterocycles. The molecule has 1 rings (SSSR count). The van der Waals surface area contributed by atoms with E-state index in [0.717, 1.165) is 11.1 Å². The number of ether oxygens (including phenoxy) is 2. The molecular formula is C18H24ClNO7S. The van der Waals surface area contributed by atoms with Crippen molar-refractivity contribution < 1.29 is 32.3 Å². The molecule has 0 saturated heterocycles. The predicted molar refractivity (Wildman–Crippen MR) is 105 cm³/mol. The van der Waals surface area contributed by atoms with Crippen LogP contribution in [0.15, 0.2) is 18.2 Å². The molecule has 10 heteroatoms. The molecular weight excluding hydrogens is 410 g/mol. The number of nitrogens with zero attached hydrogens (tertiary/aromatic N) is 1. The number of aryl methyl sites for hydroxylation is 2. The molecule has 28 heavy (non-hydrogen) atoms. The van der Waals surface area contributed by atoms with Crippen LogP contribution in [0, 0.1) is 6.92 Å². The van der Waals surface area contributed by atoms with Gasteiger partial charge in [0.2, 0.25) is 15.0 Å². The molecule has 0 heterocycles. The molecule has 0 N–H and O–H groups in total. The minimum Gasteiger partial charge on any atom is -0.462 e. The van der Waals surface area contributed by atoms with Gasteiger partial charge in [-0.05, 0) is 36.6 Å². The Morgan fingerprint density at radius 3 is 2.25 bits per heavy atom. The van der Waals surface area contributed by atoms with Gasteiger partial charge in [-0.25, -0.2) is 8.42 Å². The third-order valence-corrected chi connectivity index (χ3v) is 4.98. The van der Waals surface area contributed by atoms with E-state index in [1.165, 1.54) is 25.7 Å². The van der Waals surface area contributed by atoms with E-state index in [4.69, 9.17) is 20.2 Å². The van der Waals surface area contributed by atoms with Gasteiger partial charge in [-0.15, -0.1) is 0 Å². The fourth-order valence-electron chi connectivity index (χ4n) is 2.55. The number of anilines is 1. The molecule has 0 fully saturated rings. The van der Waals surface area contributed by atoms with Crippen molar-refractivity contribution in [2.24, 2.45) is 0 Å². The smallest absolute Gasteiger partial charge is 0.303 e. The lowest BCUT2D eigenvalue weighted by molar-refractivity contribution is -0.155. The number of hydrogen-bond acceptors (Lipinski definition) is 7. The zero-order chi connectivity index (χ0) is 21.5. The van der Waals surface area contributed by atoms with Crippen LogP contribution in [0.1, 0.15) is 31.9 Å². The number of carbonyl (C=O) groups excluding carboxylic acids is 3. The summed E-state index contributed by atoms with van der Waals surface area (Å²) in [6, 6.07) is 5.12. The molecule has 1 aromatic rings. The van der Waals surface area contributed by atoms with Gasteiger partial charge in [0.25, 0.3) is 0 Å². The molecule has 0 aliphatic carbocycles. The van der Waals surface area contributed by atoms with Gasteiger partial charge in [0.05, 0.1) is 12.3 Å². The Balaban J connectivity index is 3.02. The highest BCUT2D eigenvalue weighted by atomic mass is 35.7. The molecule has 1 aromatic carbocycles. The van der Waals surface area contributed by atoms with Crippen molar-refractivity contribution in [1.82, 2.24) is 0 Å². The van der Waals surface area contributed by atoms with Crippen LogP contribution in [0.5, 0.6) is 0 Å². The van der Waals surface area contributed by atoms with Crippen LogP contribution in [0.3, 0.4) is 0 Å². The van der Waals surface area contributed by atoms with Gasteiger partial charge in [0.15, 0.2) is 6.10 Å². The first-order valence-electron chi connectivity index (χ1n) is 8.49. The SMILES string of the molecule is CC(=O)OCC(CN(C(C)=O)c1ccc(CCS(=O)(=O)Cl)c(C)c1)OC(C)=O. The fourth-order valence-corrected chi connectivity index (χ4v) is 3.24. The summed E-state index contributed by atoms with van der Waals surface area (Å²) in [7, 11) is 1.65.